The van der Waals surface area contributed by atoms with Crippen LogP contribution in [0.1, 0.15) is 76.4 Å². The fourth-order valence-electron chi connectivity index (χ4n) is 3.38. The fourth-order valence-corrected chi connectivity index (χ4v) is 3.38. The number of carbonyl (C=O) groups is 3. The van der Waals surface area contributed by atoms with Gasteiger partial charge in [-0.3, -0.25) is 19.3 Å². The molecule has 198 valence electrons. The van der Waals surface area contributed by atoms with Crippen molar-refractivity contribution in [1.82, 2.24) is 25.0 Å². The van der Waals surface area contributed by atoms with Crippen LogP contribution in [0.25, 0.3) is 0 Å². The van der Waals surface area contributed by atoms with Gasteiger partial charge in [0.1, 0.15) is 12.4 Å². The first kappa shape index (κ1) is 28.5. The highest BCUT2D eigenvalue weighted by Crippen LogP contribution is 2.31. The van der Waals surface area contributed by atoms with Crippen LogP contribution in [0.3, 0.4) is 0 Å². The van der Waals surface area contributed by atoms with E-state index in [0.29, 0.717) is 17.9 Å². The van der Waals surface area contributed by atoms with Crippen molar-refractivity contribution < 1.29 is 34.3 Å². The Morgan fingerprint density at radius 1 is 1.20 bits per heavy atom. The molecule has 1 aromatic heterocycles. The average Bonchev–Trinajstić information content (AvgIpc) is 3.35. The van der Waals surface area contributed by atoms with Gasteiger partial charge >= 0.3 is 6.03 Å². The van der Waals surface area contributed by atoms with E-state index in [1.807, 2.05) is 0 Å². The molecular formula is C23H39N5O7. The number of nitrogens with one attached hydrogen (secondary N) is 1. The molecule has 1 aliphatic carbocycles. The molecule has 0 bridgehead atoms. The Hall–Kier alpha value is -2.70. The van der Waals surface area contributed by atoms with Crippen LogP contribution in [-0.4, -0.2) is 90.8 Å². The average molecular weight is 498 g/mol. The topological polar surface area (TPSA) is 146 Å². The number of amides is 4. The van der Waals surface area contributed by atoms with Crippen molar-refractivity contribution in [1.29, 1.82) is 0 Å². The van der Waals surface area contributed by atoms with E-state index < -0.39 is 41.1 Å². The van der Waals surface area contributed by atoms with Gasteiger partial charge in [-0.2, -0.15) is 9.79 Å². The summed E-state index contributed by atoms with van der Waals surface area (Å²) in [6, 6.07) is -1.27. The predicted molar refractivity (Wildman–Crippen MR) is 126 cm³/mol. The summed E-state index contributed by atoms with van der Waals surface area (Å²) >= 11 is 0. The summed E-state index contributed by atoms with van der Waals surface area (Å²) in [5, 5.41) is 23.6. The standard InChI is InChI=1S/C23H39N5O7/c1-9-34-28(22(4,5)6)21(32)26(16-12-17(16)29)18(30)10-11-24-20(31)19-14(2)27(15(3)25-19)35-13-23(7,8)33/h16-17,29,33H,9-13H2,1-8H3,(H,24,31). The van der Waals surface area contributed by atoms with Gasteiger partial charge in [0, 0.05) is 13.0 Å². The molecule has 12 heteroatoms. The highest BCUT2D eigenvalue weighted by Gasteiger charge is 2.48. The minimum atomic E-state index is -1.06. The van der Waals surface area contributed by atoms with Gasteiger partial charge in [-0.25, -0.2) is 9.78 Å². The normalized spacial score (nSPS) is 17.7. The van der Waals surface area contributed by atoms with Crippen molar-refractivity contribution in [2.45, 2.75) is 91.5 Å². The van der Waals surface area contributed by atoms with Crippen molar-refractivity contribution in [3.63, 3.8) is 0 Å². The third kappa shape index (κ3) is 7.39. The number of urea groups is 1. The molecule has 2 atom stereocenters. The number of hydrogen-bond donors (Lipinski definition) is 3. The van der Waals surface area contributed by atoms with Crippen LogP contribution in [0.4, 0.5) is 4.79 Å². The number of aryl methyl sites for hydroxylation is 1. The lowest BCUT2D eigenvalue weighted by molar-refractivity contribution is -0.173. The molecule has 0 aliphatic heterocycles. The molecule has 0 spiro atoms. The summed E-state index contributed by atoms with van der Waals surface area (Å²) in [7, 11) is 0. The van der Waals surface area contributed by atoms with Gasteiger partial charge in [0.2, 0.25) is 5.91 Å². The van der Waals surface area contributed by atoms with E-state index in [2.05, 4.69) is 10.3 Å². The first-order valence-electron chi connectivity index (χ1n) is 11.8. The van der Waals surface area contributed by atoms with Gasteiger partial charge < -0.3 is 20.4 Å². The molecule has 1 aromatic rings. The van der Waals surface area contributed by atoms with Gasteiger partial charge in [-0.1, -0.05) is 0 Å². The summed E-state index contributed by atoms with van der Waals surface area (Å²) in [6.07, 6.45) is -0.632. The highest BCUT2D eigenvalue weighted by atomic mass is 16.7. The molecule has 2 rings (SSSR count). The monoisotopic (exact) mass is 497 g/mol. The van der Waals surface area contributed by atoms with Crippen molar-refractivity contribution in [2.75, 3.05) is 19.8 Å². The van der Waals surface area contributed by atoms with E-state index in [1.54, 1.807) is 55.4 Å². The van der Waals surface area contributed by atoms with Crippen LogP contribution in [0, 0.1) is 13.8 Å². The number of aliphatic hydroxyl groups excluding tert-OH is 1. The maximum atomic E-state index is 13.1. The lowest BCUT2D eigenvalue weighted by Gasteiger charge is -2.37. The van der Waals surface area contributed by atoms with E-state index in [0.717, 1.165) is 9.96 Å². The molecule has 12 nitrogen and oxygen atoms in total. The van der Waals surface area contributed by atoms with Crippen LogP contribution < -0.4 is 10.2 Å². The van der Waals surface area contributed by atoms with Gasteiger partial charge in [-0.15, -0.1) is 0 Å². The minimum Gasteiger partial charge on any atom is -0.409 e. The Morgan fingerprint density at radius 3 is 2.29 bits per heavy atom. The van der Waals surface area contributed by atoms with Crippen LogP contribution in [0.15, 0.2) is 0 Å². The summed E-state index contributed by atoms with van der Waals surface area (Å²) in [5.74, 6) is -0.595. The molecular weight excluding hydrogens is 458 g/mol. The number of aliphatic hydroxyl groups is 2. The zero-order valence-corrected chi connectivity index (χ0v) is 21.9. The molecule has 0 saturated heterocycles. The van der Waals surface area contributed by atoms with Crippen molar-refractivity contribution in [3.05, 3.63) is 17.2 Å². The smallest absolute Gasteiger partial charge is 0.351 e. The lowest BCUT2D eigenvalue weighted by atomic mass is 10.1. The number of imide groups is 1. The number of rotatable bonds is 10. The fraction of sp³-hybridized carbons (Fsp3) is 0.739. The summed E-state index contributed by atoms with van der Waals surface area (Å²) < 4.78 is 1.38. The first-order valence-corrected chi connectivity index (χ1v) is 11.8. The Balaban J connectivity index is 2.04. The lowest BCUT2D eigenvalue weighted by Crippen LogP contribution is -2.54. The molecule has 4 amide bonds. The minimum absolute atomic E-state index is 0.00477. The van der Waals surface area contributed by atoms with Gasteiger partial charge in [0.15, 0.2) is 5.69 Å². The van der Waals surface area contributed by atoms with Gasteiger partial charge in [0.05, 0.1) is 35.6 Å². The molecule has 1 heterocycles. The Morgan fingerprint density at radius 2 is 1.80 bits per heavy atom. The molecule has 1 aliphatic rings. The number of imidazole rings is 1. The van der Waals surface area contributed by atoms with Crippen molar-refractivity contribution in [3.8, 4) is 0 Å². The predicted octanol–water partition coefficient (Wildman–Crippen LogP) is 0.953. The van der Waals surface area contributed by atoms with Crippen LogP contribution in [0.2, 0.25) is 0 Å². The second-order valence-electron chi connectivity index (χ2n) is 10.3. The Kier molecular flexibility index (Phi) is 8.90. The molecule has 3 N–H and O–H groups in total. The van der Waals surface area contributed by atoms with E-state index in [4.69, 9.17) is 9.68 Å². The number of hydroxylamine groups is 2. The van der Waals surface area contributed by atoms with E-state index in [1.165, 1.54) is 4.73 Å². The second kappa shape index (κ2) is 10.9. The summed E-state index contributed by atoms with van der Waals surface area (Å²) in [6.45, 7) is 13.8. The number of hydrogen-bond acceptors (Lipinski definition) is 8. The molecule has 2 unspecified atom stereocenters. The molecule has 35 heavy (non-hydrogen) atoms. The third-order valence-corrected chi connectivity index (χ3v) is 5.17. The maximum Gasteiger partial charge on any atom is 0.351 e. The maximum absolute atomic E-state index is 13.1. The second-order valence-corrected chi connectivity index (χ2v) is 10.3. The number of carbonyl (C=O) groups excluding carboxylic acids is 3. The summed E-state index contributed by atoms with van der Waals surface area (Å²) in [4.78, 5) is 55.1. The molecule has 1 fully saturated rings. The Bertz CT molecular complexity index is 932. The SMILES string of the molecule is CCON(C(=O)N(C(=O)CCNC(=O)c1nc(C)n(OCC(C)(C)O)c1C)C1CC1O)C(C)(C)C. The molecule has 0 radical (unpaired) electrons. The number of aromatic nitrogens is 2. The van der Waals surface area contributed by atoms with Crippen molar-refractivity contribution in [2.24, 2.45) is 0 Å². The Labute approximate surface area is 206 Å². The molecule has 0 aromatic carbocycles. The third-order valence-electron chi connectivity index (χ3n) is 5.17. The largest absolute Gasteiger partial charge is 0.409 e. The van der Waals surface area contributed by atoms with E-state index in [9.17, 15) is 24.6 Å². The van der Waals surface area contributed by atoms with Gasteiger partial charge in [0.25, 0.3) is 5.91 Å². The first-order chi connectivity index (χ1) is 16.1. The number of nitrogens with zero attached hydrogens (tertiary/aromatic N) is 4. The quantitative estimate of drug-likeness (QED) is 0.405. The van der Waals surface area contributed by atoms with Crippen LogP contribution in [-0.2, 0) is 9.63 Å². The van der Waals surface area contributed by atoms with E-state index in [-0.39, 0.29) is 31.9 Å². The van der Waals surface area contributed by atoms with Gasteiger partial charge in [-0.05, 0) is 61.8 Å². The molecule has 1 saturated carbocycles. The van der Waals surface area contributed by atoms with Crippen molar-refractivity contribution >= 4 is 17.8 Å². The summed E-state index contributed by atoms with van der Waals surface area (Å²) in [5.41, 5.74) is -1.19. The zero-order chi connectivity index (χ0) is 26.7. The zero-order valence-electron chi connectivity index (χ0n) is 21.9. The van der Waals surface area contributed by atoms with Crippen LogP contribution in [0.5, 0.6) is 0 Å². The van der Waals surface area contributed by atoms with Crippen LogP contribution >= 0.6 is 0 Å². The highest BCUT2D eigenvalue weighted by molar-refractivity contribution is 5.96. The van der Waals surface area contributed by atoms with E-state index >= 15 is 0 Å².